The second-order valence-corrected chi connectivity index (χ2v) is 9.08. The van der Waals surface area contributed by atoms with Gasteiger partial charge in [0.2, 0.25) is 0 Å². The lowest BCUT2D eigenvalue weighted by Gasteiger charge is -2.23. The van der Waals surface area contributed by atoms with Crippen LogP contribution in [0.25, 0.3) is 0 Å². The number of hydrogen-bond acceptors (Lipinski definition) is 5. The van der Waals surface area contributed by atoms with E-state index >= 15 is 0 Å². The minimum Gasteiger partial charge on any atom is -0.383 e. The number of rotatable bonds is 9. The fourth-order valence-corrected chi connectivity index (χ4v) is 4.10. The Morgan fingerprint density at radius 2 is 1.72 bits per heavy atom. The third kappa shape index (κ3) is 7.18. The van der Waals surface area contributed by atoms with E-state index in [1.54, 1.807) is 12.1 Å². The third-order valence-corrected chi connectivity index (χ3v) is 6.14. The number of hydrogen-bond donors (Lipinski definition) is 1. The van der Waals surface area contributed by atoms with Crippen molar-refractivity contribution in [3.05, 3.63) is 89.7 Å². The monoisotopic (exact) mass is 526 g/mol. The van der Waals surface area contributed by atoms with Crippen molar-refractivity contribution in [2.45, 2.75) is 17.6 Å². The first-order valence-electron chi connectivity index (χ1n) is 10.5. The molecule has 1 N–H and O–H groups in total. The van der Waals surface area contributed by atoms with E-state index < -0.39 is 38.6 Å². The van der Waals surface area contributed by atoms with E-state index in [2.05, 4.69) is 5.32 Å². The van der Waals surface area contributed by atoms with Gasteiger partial charge in [0.05, 0.1) is 17.9 Å². The van der Waals surface area contributed by atoms with Crippen LogP contribution in [-0.4, -0.2) is 39.6 Å². The minimum absolute atomic E-state index is 0.0193. The van der Waals surface area contributed by atoms with Gasteiger partial charge in [0, 0.05) is 20.2 Å². The smallest absolute Gasteiger partial charge is 0.383 e. The fourth-order valence-electron chi connectivity index (χ4n) is 3.13. The number of ether oxygens (including phenoxy) is 1. The average molecular weight is 527 g/mol. The molecule has 0 bridgehead atoms. The largest absolute Gasteiger partial charge is 0.416 e. The number of benzene rings is 3. The molecule has 0 heterocycles. The van der Waals surface area contributed by atoms with E-state index in [1.165, 1.54) is 48.4 Å². The highest BCUT2D eigenvalue weighted by Crippen LogP contribution is 2.31. The molecule has 0 aliphatic carbocycles. The van der Waals surface area contributed by atoms with E-state index in [-0.39, 0.29) is 31.1 Å². The summed E-state index contributed by atoms with van der Waals surface area (Å²) in [6.07, 6.45) is -4.72. The summed E-state index contributed by atoms with van der Waals surface area (Å²) in [4.78, 5) is 13.4. The van der Waals surface area contributed by atoms with Gasteiger partial charge in [-0.15, -0.1) is 0 Å². The van der Waals surface area contributed by atoms with E-state index in [1.807, 2.05) is 0 Å². The first-order valence-corrected chi connectivity index (χ1v) is 11.9. The molecule has 0 saturated carbocycles. The molecular weight excluding hydrogens is 504 g/mol. The van der Waals surface area contributed by atoms with E-state index in [9.17, 15) is 30.8 Å². The number of amides is 2. The van der Waals surface area contributed by atoms with Gasteiger partial charge >= 0.3 is 22.3 Å². The van der Waals surface area contributed by atoms with Gasteiger partial charge in [-0.2, -0.15) is 21.6 Å². The summed E-state index contributed by atoms with van der Waals surface area (Å²) in [7, 11) is -3.13. The number of alkyl halides is 3. The first kappa shape index (κ1) is 27.0. The Kier molecular flexibility index (Phi) is 8.53. The van der Waals surface area contributed by atoms with Gasteiger partial charge in [0.15, 0.2) is 0 Å². The lowest BCUT2D eigenvalue weighted by Crippen LogP contribution is -2.37. The second-order valence-electron chi connectivity index (χ2n) is 7.53. The quantitative estimate of drug-likeness (QED) is 0.303. The Labute approximate surface area is 205 Å². The number of urea groups is 1. The van der Waals surface area contributed by atoms with E-state index in [4.69, 9.17) is 8.92 Å². The zero-order valence-electron chi connectivity index (χ0n) is 19.0. The van der Waals surface area contributed by atoms with Gasteiger partial charge in [-0.25, -0.2) is 9.18 Å². The number of carbonyl (C=O) groups excluding carboxylic acids is 1. The SMILES string of the molecule is COCCN(Cc1cccc(OS(=O)(=O)c2cccc(C(F)(F)F)c2)c1)C(=O)Nc1ccccc1F. The molecule has 0 fully saturated rings. The molecule has 192 valence electrons. The summed E-state index contributed by atoms with van der Waals surface area (Å²) in [5, 5.41) is 2.47. The number of nitrogens with zero attached hydrogens (tertiary/aromatic N) is 1. The van der Waals surface area contributed by atoms with Gasteiger partial charge in [0.25, 0.3) is 0 Å². The van der Waals surface area contributed by atoms with Crippen molar-refractivity contribution in [2.24, 2.45) is 0 Å². The van der Waals surface area contributed by atoms with Gasteiger partial charge in [-0.3, -0.25) is 0 Å². The normalized spacial score (nSPS) is 11.7. The maximum Gasteiger partial charge on any atom is 0.416 e. The third-order valence-electron chi connectivity index (χ3n) is 4.90. The standard InChI is InChI=1S/C24H22F4N2O5S/c1-34-13-12-30(23(31)29-22-11-3-2-10-21(22)25)16-17-6-4-8-19(14-17)35-36(32,33)20-9-5-7-18(15-20)24(26,27)28/h2-11,14-15H,12-13,16H2,1H3,(H,29,31). The van der Waals surface area contributed by atoms with Crippen LogP contribution in [-0.2, 0) is 27.6 Å². The fraction of sp³-hybridized carbons (Fsp3) is 0.208. The van der Waals surface area contributed by atoms with Crippen molar-refractivity contribution < 1.29 is 39.7 Å². The van der Waals surface area contributed by atoms with Gasteiger partial charge in [0.1, 0.15) is 16.5 Å². The van der Waals surface area contributed by atoms with Crippen LogP contribution in [0.4, 0.5) is 28.0 Å². The molecule has 7 nitrogen and oxygen atoms in total. The van der Waals surface area contributed by atoms with Crippen LogP contribution in [0.1, 0.15) is 11.1 Å². The Hall–Kier alpha value is -3.64. The van der Waals surface area contributed by atoms with Gasteiger partial charge in [-0.1, -0.05) is 30.3 Å². The molecule has 3 rings (SSSR count). The molecule has 0 spiro atoms. The topological polar surface area (TPSA) is 84.9 Å². The molecule has 3 aromatic rings. The van der Waals surface area contributed by atoms with Crippen LogP contribution >= 0.6 is 0 Å². The number of methoxy groups -OCH3 is 1. The van der Waals surface area contributed by atoms with Crippen molar-refractivity contribution in [1.82, 2.24) is 4.90 Å². The summed E-state index contributed by atoms with van der Waals surface area (Å²) >= 11 is 0. The highest BCUT2D eigenvalue weighted by Gasteiger charge is 2.32. The van der Waals surface area contributed by atoms with Crippen molar-refractivity contribution in [1.29, 1.82) is 0 Å². The Bertz CT molecular complexity index is 1320. The molecule has 2 amide bonds. The number of nitrogens with one attached hydrogen (secondary N) is 1. The minimum atomic E-state index is -4.72. The van der Waals surface area contributed by atoms with Crippen molar-refractivity contribution in [3.8, 4) is 5.75 Å². The molecule has 3 aromatic carbocycles. The van der Waals surface area contributed by atoms with Gasteiger partial charge < -0.3 is 19.1 Å². The molecule has 0 atom stereocenters. The molecule has 0 unspecified atom stereocenters. The summed E-state index contributed by atoms with van der Waals surface area (Å²) in [5.41, 5.74) is -0.698. The van der Waals surface area contributed by atoms with Crippen LogP contribution in [0.2, 0.25) is 0 Å². The van der Waals surface area contributed by atoms with Crippen molar-refractivity contribution in [2.75, 3.05) is 25.6 Å². The zero-order valence-corrected chi connectivity index (χ0v) is 19.8. The van der Waals surface area contributed by atoms with Crippen LogP contribution in [0.5, 0.6) is 5.75 Å². The molecule has 0 aromatic heterocycles. The number of halogens is 4. The van der Waals surface area contributed by atoms with Crippen LogP contribution in [0.15, 0.2) is 77.7 Å². The van der Waals surface area contributed by atoms with Crippen molar-refractivity contribution in [3.63, 3.8) is 0 Å². The highest BCUT2D eigenvalue weighted by atomic mass is 32.2. The highest BCUT2D eigenvalue weighted by molar-refractivity contribution is 7.87. The maximum absolute atomic E-state index is 13.9. The molecule has 0 radical (unpaired) electrons. The Morgan fingerprint density at radius 1 is 1.00 bits per heavy atom. The lowest BCUT2D eigenvalue weighted by atomic mass is 10.2. The van der Waals surface area contributed by atoms with Crippen LogP contribution in [0, 0.1) is 5.82 Å². The van der Waals surface area contributed by atoms with Crippen molar-refractivity contribution >= 4 is 21.8 Å². The lowest BCUT2D eigenvalue weighted by molar-refractivity contribution is -0.137. The molecule has 12 heteroatoms. The Morgan fingerprint density at radius 3 is 2.42 bits per heavy atom. The molecular formula is C24H22F4N2O5S. The predicted octanol–water partition coefficient (Wildman–Crippen LogP) is 5.29. The van der Waals surface area contributed by atoms with E-state index in [0.717, 1.165) is 18.2 Å². The number of anilines is 1. The summed E-state index contributed by atoms with van der Waals surface area (Å²) in [6.45, 7) is 0.277. The summed E-state index contributed by atoms with van der Waals surface area (Å²) in [5.74, 6) is -0.779. The second kappa shape index (κ2) is 11.4. The number of carbonyl (C=O) groups is 1. The average Bonchev–Trinajstić information content (AvgIpc) is 2.82. The van der Waals surface area contributed by atoms with E-state index in [0.29, 0.717) is 11.6 Å². The summed E-state index contributed by atoms with van der Waals surface area (Å²) in [6, 6.07) is 13.9. The zero-order chi connectivity index (χ0) is 26.3. The summed E-state index contributed by atoms with van der Waals surface area (Å²) < 4.78 is 88.1. The number of para-hydroxylation sites is 1. The Balaban J connectivity index is 1.78. The van der Waals surface area contributed by atoms with Gasteiger partial charge in [-0.05, 0) is 48.0 Å². The predicted molar refractivity (Wildman–Crippen MR) is 123 cm³/mol. The molecule has 0 aliphatic rings. The molecule has 0 aliphatic heterocycles. The maximum atomic E-state index is 13.9. The first-order chi connectivity index (χ1) is 17.0. The molecule has 0 saturated heterocycles. The van der Waals surface area contributed by atoms with Crippen LogP contribution < -0.4 is 9.50 Å². The van der Waals surface area contributed by atoms with Crippen LogP contribution in [0.3, 0.4) is 0 Å². The molecule has 36 heavy (non-hydrogen) atoms.